The third-order valence-electron chi connectivity index (χ3n) is 5.91. The molecule has 0 radical (unpaired) electrons. The third kappa shape index (κ3) is 3.96. The van der Waals surface area contributed by atoms with E-state index in [-0.39, 0.29) is 5.78 Å². The lowest BCUT2D eigenvalue weighted by Gasteiger charge is -2.35. The minimum absolute atomic E-state index is 0.0393. The number of thiazole rings is 1. The van der Waals surface area contributed by atoms with Crippen molar-refractivity contribution in [2.45, 2.75) is 6.92 Å². The topological polar surface area (TPSA) is 49.3 Å². The Hall–Kier alpha value is -3.09. The first kappa shape index (κ1) is 19.8. The van der Waals surface area contributed by atoms with Gasteiger partial charge in [-0.3, -0.25) is 4.79 Å². The Labute approximate surface area is 186 Å². The van der Waals surface area contributed by atoms with Gasteiger partial charge in [-0.1, -0.05) is 55.5 Å². The number of hydrogen-bond donors (Lipinski definition) is 0. The molecule has 1 fully saturated rings. The molecular weight excluding hydrogens is 404 g/mol. The maximum atomic E-state index is 12.6. The number of likely N-dealkylation sites (N-methyl/N-ethyl adjacent to an activating group) is 1. The molecule has 0 amide bonds. The van der Waals surface area contributed by atoms with Crippen molar-refractivity contribution < 1.29 is 4.79 Å². The Morgan fingerprint density at radius 1 is 1.03 bits per heavy atom. The standard InChI is InChI=1S/C25H24N4OS/c1-2-28-12-14-29(15-13-28)24-21-6-4-3-5-20(21)17-22(27-24)18-7-9-19(10-8-18)23(30)25-26-11-16-31-25/h3-11,16-17H,2,12-15H2,1H3. The number of aromatic nitrogens is 2. The van der Waals surface area contributed by atoms with Gasteiger partial charge < -0.3 is 9.80 Å². The van der Waals surface area contributed by atoms with Gasteiger partial charge in [0, 0.05) is 54.3 Å². The van der Waals surface area contributed by atoms with Crippen LogP contribution in [0.2, 0.25) is 0 Å². The van der Waals surface area contributed by atoms with E-state index < -0.39 is 0 Å². The van der Waals surface area contributed by atoms with Crippen molar-refractivity contribution in [3.63, 3.8) is 0 Å². The lowest BCUT2D eigenvalue weighted by molar-refractivity contribution is 0.103. The summed E-state index contributed by atoms with van der Waals surface area (Å²) in [4.78, 5) is 26.6. The highest BCUT2D eigenvalue weighted by Gasteiger charge is 2.20. The Bertz CT molecular complexity index is 1200. The highest BCUT2D eigenvalue weighted by molar-refractivity contribution is 7.11. The molecule has 2 aromatic carbocycles. The summed E-state index contributed by atoms with van der Waals surface area (Å²) in [7, 11) is 0. The van der Waals surface area contributed by atoms with Gasteiger partial charge in [0.05, 0.1) is 5.69 Å². The molecule has 3 heterocycles. The Morgan fingerprint density at radius 2 is 1.81 bits per heavy atom. The maximum absolute atomic E-state index is 12.6. The Kier molecular flexibility index (Phi) is 5.49. The normalized spacial score (nSPS) is 14.8. The minimum atomic E-state index is -0.0393. The number of rotatable bonds is 5. The minimum Gasteiger partial charge on any atom is -0.354 e. The van der Waals surface area contributed by atoms with Crippen LogP contribution in [0.5, 0.6) is 0 Å². The predicted octanol–water partition coefficient (Wildman–Crippen LogP) is 4.73. The quantitative estimate of drug-likeness (QED) is 0.430. The zero-order valence-corrected chi connectivity index (χ0v) is 18.3. The van der Waals surface area contributed by atoms with E-state index in [1.54, 1.807) is 6.20 Å². The number of carbonyl (C=O) groups excluding carboxylic acids is 1. The number of anilines is 1. The van der Waals surface area contributed by atoms with Gasteiger partial charge in [-0.25, -0.2) is 9.97 Å². The van der Waals surface area contributed by atoms with Crippen molar-refractivity contribution in [1.82, 2.24) is 14.9 Å². The molecule has 0 bridgehead atoms. The van der Waals surface area contributed by atoms with E-state index in [2.05, 4.69) is 52.0 Å². The van der Waals surface area contributed by atoms with Crippen LogP contribution in [0.15, 0.2) is 66.2 Å². The molecule has 0 atom stereocenters. The summed E-state index contributed by atoms with van der Waals surface area (Å²) in [6, 6.07) is 18.3. The largest absolute Gasteiger partial charge is 0.354 e. The lowest BCUT2D eigenvalue weighted by atomic mass is 10.0. The summed E-state index contributed by atoms with van der Waals surface area (Å²) in [6.45, 7) is 7.39. The van der Waals surface area contributed by atoms with Crippen molar-refractivity contribution in [1.29, 1.82) is 0 Å². The second-order valence-electron chi connectivity index (χ2n) is 7.72. The maximum Gasteiger partial charge on any atom is 0.221 e. The van der Waals surface area contributed by atoms with E-state index in [9.17, 15) is 4.79 Å². The highest BCUT2D eigenvalue weighted by Crippen LogP contribution is 2.31. The zero-order valence-electron chi connectivity index (χ0n) is 17.5. The smallest absolute Gasteiger partial charge is 0.221 e. The monoisotopic (exact) mass is 428 g/mol. The van der Waals surface area contributed by atoms with E-state index in [1.165, 1.54) is 22.1 Å². The van der Waals surface area contributed by atoms with Gasteiger partial charge in [-0.15, -0.1) is 11.3 Å². The first-order valence-corrected chi connectivity index (χ1v) is 11.5. The van der Waals surface area contributed by atoms with Crippen molar-refractivity contribution in [2.24, 2.45) is 0 Å². The van der Waals surface area contributed by atoms with Crippen molar-refractivity contribution in [2.75, 3.05) is 37.6 Å². The second-order valence-corrected chi connectivity index (χ2v) is 8.61. The number of benzene rings is 2. The number of carbonyl (C=O) groups is 1. The van der Waals surface area contributed by atoms with Gasteiger partial charge in [-0.05, 0) is 18.0 Å². The fraction of sp³-hybridized carbons (Fsp3) is 0.240. The van der Waals surface area contributed by atoms with E-state index in [4.69, 9.17) is 4.98 Å². The van der Waals surface area contributed by atoms with Crippen LogP contribution in [-0.4, -0.2) is 53.4 Å². The second kappa shape index (κ2) is 8.57. The van der Waals surface area contributed by atoms with Crippen LogP contribution in [0.4, 0.5) is 5.82 Å². The van der Waals surface area contributed by atoms with Crippen molar-refractivity contribution in [3.8, 4) is 11.3 Å². The van der Waals surface area contributed by atoms with Crippen LogP contribution in [0.3, 0.4) is 0 Å². The van der Waals surface area contributed by atoms with Crippen LogP contribution in [0.1, 0.15) is 22.3 Å². The van der Waals surface area contributed by atoms with Crippen LogP contribution in [0.25, 0.3) is 22.0 Å². The molecule has 6 heteroatoms. The SMILES string of the molecule is CCN1CCN(c2nc(-c3ccc(C(=O)c4nccs4)cc3)cc3ccccc23)CC1. The molecular formula is C25H24N4OS. The van der Waals surface area contributed by atoms with Crippen LogP contribution >= 0.6 is 11.3 Å². The summed E-state index contributed by atoms with van der Waals surface area (Å²) in [6.07, 6.45) is 1.66. The molecule has 1 aliphatic heterocycles. The van der Waals surface area contributed by atoms with Gasteiger partial charge in [0.2, 0.25) is 5.78 Å². The lowest BCUT2D eigenvalue weighted by Crippen LogP contribution is -2.46. The molecule has 4 aromatic rings. The van der Waals surface area contributed by atoms with Crippen molar-refractivity contribution >= 4 is 33.7 Å². The first-order chi connectivity index (χ1) is 15.2. The van der Waals surface area contributed by atoms with Gasteiger partial charge in [-0.2, -0.15) is 0 Å². The molecule has 0 aliphatic carbocycles. The molecule has 0 saturated carbocycles. The van der Waals surface area contributed by atoms with E-state index >= 15 is 0 Å². The summed E-state index contributed by atoms with van der Waals surface area (Å²) in [5, 5.41) is 4.71. The molecule has 31 heavy (non-hydrogen) atoms. The molecule has 1 saturated heterocycles. The molecule has 5 rings (SSSR count). The molecule has 0 unspecified atom stereocenters. The molecule has 156 valence electrons. The molecule has 0 spiro atoms. The van der Waals surface area contributed by atoms with Crippen LogP contribution in [-0.2, 0) is 0 Å². The van der Waals surface area contributed by atoms with E-state index in [0.717, 1.165) is 49.8 Å². The summed E-state index contributed by atoms with van der Waals surface area (Å²) < 4.78 is 0. The number of fused-ring (bicyclic) bond motifs is 1. The van der Waals surface area contributed by atoms with Gasteiger partial charge in [0.1, 0.15) is 5.82 Å². The fourth-order valence-corrected chi connectivity index (χ4v) is 4.69. The number of piperazine rings is 1. The highest BCUT2D eigenvalue weighted by atomic mass is 32.1. The fourth-order valence-electron chi connectivity index (χ4n) is 4.10. The molecule has 2 aromatic heterocycles. The number of hydrogen-bond acceptors (Lipinski definition) is 6. The molecule has 0 N–H and O–H groups in total. The predicted molar refractivity (Wildman–Crippen MR) is 127 cm³/mol. The van der Waals surface area contributed by atoms with Crippen molar-refractivity contribution in [3.05, 3.63) is 76.7 Å². The number of ketones is 1. The first-order valence-electron chi connectivity index (χ1n) is 10.6. The average molecular weight is 429 g/mol. The van der Waals surface area contributed by atoms with Gasteiger partial charge in [0.15, 0.2) is 5.01 Å². The summed E-state index contributed by atoms with van der Waals surface area (Å²) in [5.74, 6) is 1.01. The van der Waals surface area contributed by atoms with Crippen LogP contribution in [0, 0.1) is 0 Å². The molecule has 1 aliphatic rings. The molecule has 5 nitrogen and oxygen atoms in total. The van der Waals surface area contributed by atoms with Gasteiger partial charge in [0.25, 0.3) is 0 Å². The summed E-state index contributed by atoms with van der Waals surface area (Å²) >= 11 is 1.37. The van der Waals surface area contributed by atoms with E-state index in [1.807, 2.05) is 29.6 Å². The summed E-state index contributed by atoms with van der Waals surface area (Å²) in [5.41, 5.74) is 2.59. The van der Waals surface area contributed by atoms with Crippen LogP contribution < -0.4 is 4.90 Å². The number of pyridine rings is 1. The average Bonchev–Trinajstić information content (AvgIpc) is 3.38. The zero-order chi connectivity index (χ0) is 21.2. The Morgan fingerprint density at radius 3 is 2.52 bits per heavy atom. The third-order valence-corrected chi connectivity index (χ3v) is 6.68. The van der Waals surface area contributed by atoms with E-state index in [0.29, 0.717) is 10.6 Å². The van der Waals surface area contributed by atoms with Gasteiger partial charge >= 0.3 is 0 Å². The number of nitrogens with zero attached hydrogens (tertiary/aromatic N) is 4. The Balaban J connectivity index is 1.49.